The fraction of sp³-hybridized carbons (Fsp3) is 0.391. The predicted molar refractivity (Wildman–Crippen MR) is 125 cm³/mol. The summed E-state index contributed by atoms with van der Waals surface area (Å²) in [5.41, 5.74) is 2.61. The van der Waals surface area contributed by atoms with Crippen LogP contribution in [0.2, 0.25) is 0 Å². The average Bonchev–Trinajstić information content (AvgIpc) is 3.17. The van der Waals surface area contributed by atoms with Crippen molar-refractivity contribution in [2.45, 2.75) is 29.5 Å². The SMILES string of the molecule is CSc1ccc(NC(=O)N2CCC3(CC2)SCCN3C(=O)c2ccccc2C)cc1. The van der Waals surface area contributed by atoms with Gasteiger partial charge in [-0.1, -0.05) is 18.2 Å². The van der Waals surface area contributed by atoms with E-state index in [0.29, 0.717) is 13.1 Å². The molecular formula is C23H27N3O2S2. The zero-order valence-corrected chi connectivity index (χ0v) is 19.0. The van der Waals surface area contributed by atoms with E-state index in [2.05, 4.69) is 10.2 Å². The number of hydrogen-bond acceptors (Lipinski definition) is 4. The number of carbonyl (C=O) groups excluding carboxylic acids is 2. The van der Waals surface area contributed by atoms with Gasteiger partial charge in [0.05, 0.1) is 4.87 Å². The van der Waals surface area contributed by atoms with Crippen LogP contribution in [-0.4, -0.2) is 58.3 Å². The first-order valence-electron chi connectivity index (χ1n) is 10.2. The number of urea groups is 1. The molecule has 3 amide bonds. The molecule has 5 nitrogen and oxygen atoms in total. The summed E-state index contributed by atoms with van der Waals surface area (Å²) in [7, 11) is 0. The molecule has 0 unspecified atom stereocenters. The number of thioether (sulfide) groups is 2. The zero-order chi connectivity index (χ0) is 21.1. The Labute approximate surface area is 186 Å². The summed E-state index contributed by atoms with van der Waals surface area (Å²) >= 11 is 3.55. The van der Waals surface area contributed by atoms with E-state index in [1.165, 1.54) is 4.90 Å². The lowest BCUT2D eigenvalue weighted by Gasteiger charge is -2.44. The predicted octanol–water partition coefficient (Wildman–Crippen LogP) is 4.93. The van der Waals surface area contributed by atoms with Crippen molar-refractivity contribution in [2.24, 2.45) is 0 Å². The molecule has 2 aliphatic rings. The summed E-state index contributed by atoms with van der Waals surface area (Å²) in [5, 5.41) is 3.00. The van der Waals surface area contributed by atoms with Gasteiger partial charge in [0.25, 0.3) is 5.91 Å². The van der Waals surface area contributed by atoms with E-state index >= 15 is 0 Å². The number of hydrogen-bond donors (Lipinski definition) is 1. The third-order valence-corrected chi connectivity index (χ3v) is 8.27. The van der Waals surface area contributed by atoms with Gasteiger partial charge < -0.3 is 15.1 Å². The molecule has 1 N–H and O–H groups in total. The Kier molecular flexibility index (Phi) is 6.29. The van der Waals surface area contributed by atoms with Gasteiger partial charge in [-0.05, 0) is 61.9 Å². The summed E-state index contributed by atoms with van der Waals surface area (Å²) in [6, 6.07) is 15.6. The first kappa shape index (κ1) is 21.1. The van der Waals surface area contributed by atoms with Crippen LogP contribution >= 0.6 is 23.5 Å². The molecule has 2 aliphatic heterocycles. The normalized spacial score (nSPS) is 17.9. The highest BCUT2D eigenvalue weighted by molar-refractivity contribution is 8.00. The number of carbonyl (C=O) groups is 2. The quantitative estimate of drug-likeness (QED) is 0.686. The van der Waals surface area contributed by atoms with Crippen molar-refractivity contribution >= 4 is 41.1 Å². The Morgan fingerprint density at radius 3 is 2.40 bits per heavy atom. The van der Waals surface area contributed by atoms with Gasteiger partial charge in [0.2, 0.25) is 0 Å². The molecule has 2 aromatic rings. The van der Waals surface area contributed by atoms with Crippen molar-refractivity contribution in [3.63, 3.8) is 0 Å². The van der Waals surface area contributed by atoms with Crippen molar-refractivity contribution in [3.05, 3.63) is 59.7 Å². The van der Waals surface area contributed by atoms with Crippen molar-refractivity contribution < 1.29 is 9.59 Å². The van der Waals surface area contributed by atoms with E-state index in [4.69, 9.17) is 0 Å². The van der Waals surface area contributed by atoms with Crippen LogP contribution in [-0.2, 0) is 0 Å². The lowest BCUT2D eigenvalue weighted by Crippen LogP contribution is -2.54. The average molecular weight is 442 g/mol. The van der Waals surface area contributed by atoms with Crippen molar-refractivity contribution in [1.82, 2.24) is 9.80 Å². The molecule has 158 valence electrons. The van der Waals surface area contributed by atoms with Crippen LogP contribution in [0.5, 0.6) is 0 Å². The number of aryl methyl sites for hydroxylation is 1. The van der Waals surface area contributed by atoms with Gasteiger partial charge in [-0.2, -0.15) is 0 Å². The fourth-order valence-corrected chi connectivity index (χ4v) is 6.07. The number of anilines is 1. The molecule has 30 heavy (non-hydrogen) atoms. The monoisotopic (exact) mass is 441 g/mol. The molecule has 1 spiro atoms. The number of nitrogens with one attached hydrogen (secondary N) is 1. The molecule has 2 heterocycles. The van der Waals surface area contributed by atoms with Gasteiger partial charge in [-0.15, -0.1) is 23.5 Å². The Morgan fingerprint density at radius 2 is 1.73 bits per heavy atom. The third-order valence-electron chi connectivity index (χ3n) is 5.97. The van der Waals surface area contributed by atoms with Crippen molar-refractivity contribution in [1.29, 1.82) is 0 Å². The summed E-state index contributed by atoms with van der Waals surface area (Å²) in [4.78, 5) is 30.9. The Bertz CT molecular complexity index is 924. The molecule has 2 fully saturated rings. The van der Waals surface area contributed by atoms with Crippen LogP contribution < -0.4 is 5.32 Å². The van der Waals surface area contributed by atoms with Crippen LogP contribution in [0, 0.1) is 6.92 Å². The molecule has 7 heteroatoms. The minimum atomic E-state index is -0.198. The molecule has 2 aromatic carbocycles. The van der Waals surface area contributed by atoms with E-state index in [0.717, 1.165) is 42.0 Å². The maximum absolute atomic E-state index is 13.3. The highest BCUT2D eigenvalue weighted by Gasteiger charge is 2.47. The first-order valence-corrected chi connectivity index (χ1v) is 12.4. The van der Waals surface area contributed by atoms with Crippen LogP contribution in [0.3, 0.4) is 0 Å². The largest absolute Gasteiger partial charge is 0.324 e. The summed E-state index contributed by atoms with van der Waals surface area (Å²) < 4.78 is 0. The van der Waals surface area contributed by atoms with Crippen LogP contribution in [0.1, 0.15) is 28.8 Å². The van der Waals surface area contributed by atoms with Crippen molar-refractivity contribution in [2.75, 3.05) is 37.0 Å². The third kappa shape index (κ3) is 4.18. The summed E-state index contributed by atoms with van der Waals surface area (Å²) in [5.74, 6) is 1.07. The van der Waals surface area contributed by atoms with Crippen LogP contribution in [0.4, 0.5) is 10.5 Å². The Hall–Kier alpha value is -2.12. The summed E-state index contributed by atoms with van der Waals surface area (Å²) in [6.45, 7) is 4.06. The highest BCUT2D eigenvalue weighted by atomic mass is 32.2. The molecule has 0 bridgehead atoms. The van der Waals surface area contributed by atoms with E-state index in [1.807, 2.05) is 78.4 Å². The van der Waals surface area contributed by atoms with Gasteiger partial charge >= 0.3 is 6.03 Å². The standard InChI is InChI=1S/C23H27N3O2S2/c1-17-5-3-4-6-20(17)21(27)26-15-16-30-23(26)11-13-25(14-12-23)22(28)24-18-7-9-19(29-2)10-8-18/h3-10H,11-16H2,1-2H3,(H,24,28). The van der Waals surface area contributed by atoms with Gasteiger partial charge in [0.1, 0.15) is 0 Å². The molecule has 0 radical (unpaired) electrons. The van der Waals surface area contributed by atoms with E-state index in [-0.39, 0.29) is 16.8 Å². The van der Waals surface area contributed by atoms with E-state index in [9.17, 15) is 9.59 Å². The second-order valence-electron chi connectivity index (χ2n) is 7.71. The van der Waals surface area contributed by atoms with Gasteiger partial charge in [-0.25, -0.2) is 4.79 Å². The lowest BCUT2D eigenvalue weighted by atomic mass is 10.00. The van der Waals surface area contributed by atoms with Gasteiger partial charge in [-0.3, -0.25) is 4.79 Å². The molecule has 2 saturated heterocycles. The molecule has 0 saturated carbocycles. The Morgan fingerprint density at radius 1 is 1.03 bits per heavy atom. The molecule has 0 aromatic heterocycles. The molecular weight excluding hydrogens is 414 g/mol. The Balaban J connectivity index is 1.40. The topological polar surface area (TPSA) is 52.7 Å². The minimum Gasteiger partial charge on any atom is -0.324 e. The van der Waals surface area contributed by atoms with E-state index in [1.54, 1.807) is 11.8 Å². The zero-order valence-electron chi connectivity index (χ0n) is 17.4. The number of nitrogens with zero attached hydrogens (tertiary/aromatic N) is 2. The van der Waals surface area contributed by atoms with Crippen LogP contribution in [0.25, 0.3) is 0 Å². The van der Waals surface area contributed by atoms with E-state index < -0.39 is 0 Å². The second-order valence-corrected chi connectivity index (χ2v) is 10.0. The molecule has 0 atom stereocenters. The molecule has 0 aliphatic carbocycles. The van der Waals surface area contributed by atoms with Crippen molar-refractivity contribution in [3.8, 4) is 0 Å². The number of likely N-dealkylation sites (tertiary alicyclic amines) is 1. The number of amides is 3. The summed E-state index contributed by atoms with van der Waals surface area (Å²) in [6.07, 6.45) is 3.63. The maximum atomic E-state index is 13.3. The number of piperidine rings is 1. The highest BCUT2D eigenvalue weighted by Crippen LogP contribution is 2.44. The van der Waals surface area contributed by atoms with Crippen LogP contribution in [0.15, 0.2) is 53.4 Å². The number of rotatable bonds is 3. The second kappa shape index (κ2) is 8.94. The smallest absolute Gasteiger partial charge is 0.321 e. The maximum Gasteiger partial charge on any atom is 0.321 e. The fourth-order valence-electron chi connectivity index (χ4n) is 4.20. The van der Waals surface area contributed by atoms with Gasteiger partial charge in [0.15, 0.2) is 0 Å². The lowest BCUT2D eigenvalue weighted by molar-refractivity contribution is 0.0585. The minimum absolute atomic E-state index is 0.0680. The first-order chi connectivity index (χ1) is 14.5. The molecule has 4 rings (SSSR count). The number of benzene rings is 2. The van der Waals surface area contributed by atoms with Gasteiger partial charge in [0, 0.05) is 41.5 Å².